The number of allylic oxidation sites excluding steroid dienone is 1. The van der Waals surface area contributed by atoms with Gasteiger partial charge in [0.25, 0.3) is 0 Å². The van der Waals surface area contributed by atoms with E-state index in [0.29, 0.717) is 6.42 Å². The largest absolute Gasteiger partial charge is 0.324 e. The number of amides is 1. The lowest BCUT2D eigenvalue weighted by atomic mass is 10.1. The SMILES string of the molecule is C=CCCCCCCCC(=O)Nc1ccc(I)c2cccnc12. The zero-order valence-corrected chi connectivity index (χ0v) is 15.5. The quantitative estimate of drug-likeness (QED) is 0.320. The second-order valence-electron chi connectivity index (χ2n) is 5.64. The summed E-state index contributed by atoms with van der Waals surface area (Å²) in [6, 6.07) is 7.90. The van der Waals surface area contributed by atoms with Crippen molar-refractivity contribution in [2.45, 2.75) is 44.9 Å². The summed E-state index contributed by atoms with van der Waals surface area (Å²) < 4.78 is 1.14. The van der Waals surface area contributed by atoms with Crippen LogP contribution in [0.2, 0.25) is 0 Å². The van der Waals surface area contributed by atoms with E-state index in [9.17, 15) is 4.79 Å². The predicted octanol–water partition coefficient (Wildman–Crippen LogP) is 5.69. The average Bonchev–Trinajstić information content (AvgIpc) is 2.57. The molecule has 3 nitrogen and oxygen atoms in total. The summed E-state index contributed by atoms with van der Waals surface area (Å²) in [7, 11) is 0. The lowest BCUT2D eigenvalue weighted by Crippen LogP contribution is -2.11. The molecule has 0 unspecified atom stereocenters. The first-order valence-electron chi connectivity index (χ1n) is 8.16. The second-order valence-corrected chi connectivity index (χ2v) is 6.80. The van der Waals surface area contributed by atoms with Crippen LogP contribution in [0.5, 0.6) is 0 Å². The molecule has 0 aliphatic heterocycles. The average molecular weight is 422 g/mol. The first-order chi connectivity index (χ1) is 11.2. The number of benzene rings is 1. The Morgan fingerprint density at radius 2 is 1.96 bits per heavy atom. The molecule has 23 heavy (non-hydrogen) atoms. The van der Waals surface area contributed by atoms with Gasteiger partial charge in [-0.1, -0.05) is 31.4 Å². The second kappa shape index (κ2) is 9.65. The van der Waals surface area contributed by atoms with Crippen LogP contribution in [-0.4, -0.2) is 10.9 Å². The van der Waals surface area contributed by atoms with Crippen LogP contribution in [0.15, 0.2) is 43.1 Å². The fourth-order valence-corrected chi connectivity index (χ4v) is 3.17. The number of rotatable bonds is 9. The van der Waals surface area contributed by atoms with Gasteiger partial charge in [0.05, 0.1) is 11.2 Å². The third kappa shape index (κ3) is 5.61. The Labute approximate surface area is 151 Å². The molecule has 4 heteroatoms. The molecule has 0 radical (unpaired) electrons. The van der Waals surface area contributed by atoms with Gasteiger partial charge in [-0.25, -0.2) is 0 Å². The molecular formula is C19H23IN2O. The first kappa shape index (κ1) is 17.9. The number of anilines is 1. The van der Waals surface area contributed by atoms with Gasteiger partial charge < -0.3 is 5.32 Å². The first-order valence-corrected chi connectivity index (χ1v) is 9.24. The van der Waals surface area contributed by atoms with E-state index in [2.05, 4.69) is 39.5 Å². The number of nitrogens with zero attached hydrogens (tertiary/aromatic N) is 1. The van der Waals surface area contributed by atoms with Gasteiger partial charge in [-0.3, -0.25) is 9.78 Å². The summed E-state index contributed by atoms with van der Waals surface area (Å²) in [6.45, 7) is 3.73. The lowest BCUT2D eigenvalue weighted by Gasteiger charge is -2.09. The molecule has 1 aromatic heterocycles. The molecular weight excluding hydrogens is 399 g/mol. The van der Waals surface area contributed by atoms with Crippen LogP contribution in [0, 0.1) is 3.57 Å². The Morgan fingerprint density at radius 1 is 1.17 bits per heavy atom. The third-order valence-corrected chi connectivity index (χ3v) is 4.74. The smallest absolute Gasteiger partial charge is 0.224 e. The molecule has 0 spiro atoms. The molecule has 0 atom stereocenters. The molecule has 0 aliphatic carbocycles. The van der Waals surface area contributed by atoms with E-state index in [-0.39, 0.29) is 5.91 Å². The summed E-state index contributed by atoms with van der Waals surface area (Å²) in [6.07, 6.45) is 11.1. The number of halogens is 1. The monoisotopic (exact) mass is 422 g/mol. The standard InChI is InChI=1S/C19H23IN2O/c1-2-3-4-5-6-7-8-11-18(23)22-17-13-12-16(20)15-10-9-14-21-19(15)17/h2,9-10,12-14H,1,3-8,11H2,(H,22,23). The molecule has 2 aromatic rings. The highest BCUT2D eigenvalue weighted by Crippen LogP contribution is 2.26. The summed E-state index contributed by atoms with van der Waals surface area (Å²) >= 11 is 2.29. The van der Waals surface area contributed by atoms with Crippen molar-refractivity contribution in [2.24, 2.45) is 0 Å². The Balaban J connectivity index is 1.82. The van der Waals surface area contributed by atoms with Gasteiger partial charge in [0.1, 0.15) is 0 Å². The number of nitrogens with one attached hydrogen (secondary N) is 1. The van der Waals surface area contributed by atoms with Crippen LogP contribution in [0.4, 0.5) is 5.69 Å². The molecule has 0 saturated heterocycles. The molecule has 0 fully saturated rings. The van der Waals surface area contributed by atoms with Gasteiger partial charge in [0.15, 0.2) is 0 Å². The van der Waals surface area contributed by atoms with E-state index in [1.54, 1.807) is 6.20 Å². The van der Waals surface area contributed by atoms with Gasteiger partial charge in [0, 0.05) is 21.6 Å². The minimum Gasteiger partial charge on any atom is -0.324 e. The normalized spacial score (nSPS) is 10.7. The van der Waals surface area contributed by atoms with Crippen molar-refractivity contribution in [2.75, 3.05) is 5.32 Å². The molecule has 122 valence electrons. The minimum absolute atomic E-state index is 0.0734. The van der Waals surface area contributed by atoms with Crippen molar-refractivity contribution >= 4 is 45.1 Å². The maximum absolute atomic E-state index is 12.1. The van der Waals surface area contributed by atoms with Crippen molar-refractivity contribution in [3.8, 4) is 0 Å². The van der Waals surface area contributed by atoms with Crippen molar-refractivity contribution in [3.63, 3.8) is 0 Å². The van der Waals surface area contributed by atoms with Crippen LogP contribution in [0.1, 0.15) is 44.9 Å². The Kier molecular flexibility index (Phi) is 7.52. The molecule has 2 rings (SSSR count). The van der Waals surface area contributed by atoms with Crippen LogP contribution in [-0.2, 0) is 4.79 Å². The summed E-state index contributed by atoms with van der Waals surface area (Å²) in [5, 5.41) is 4.08. The van der Waals surface area contributed by atoms with Gasteiger partial charge in [0.2, 0.25) is 5.91 Å². The van der Waals surface area contributed by atoms with Gasteiger partial charge in [-0.05, 0) is 60.1 Å². The van der Waals surface area contributed by atoms with Crippen LogP contribution >= 0.6 is 22.6 Å². The fraction of sp³-hybridized carbons (Fsp3) is 0.368. The molecule has 0 saturated carbocycles. The minimum atomic E-state index is 0.0734. The number of unbranched alkanes of at least 4 members (excludes halogenated alkanes) is 5. The molecule has 1 N–H and O–H groups in total. The van der Waals surface area contributed by atoms with Crippen LogP contribution in [0.3, 0.4) is 0 Å². The molecule has 1 amide bonds. The zero-order chi connectivity index (χ0) is 16.5. The molecule has 0 aliphatic rings. The van der Waals surface area contributed by atoms with E-state index in [0.717, 1.165) is 39.4 Å². The Bertz CT molecular complexity index is 669. The molecule has 1 heterocycles. The zero-order valence-electron chi connectivity index (χ0n) is 13.4. The highest BCUT2D eigenvalue weighted by atomic mass is 127. The maximum Gasteiger partial charge on any atom is 0.224 e. The molecule has 1 aromatic carbocycles. The van der Waals surface area contributed by atoms with E-state index in [1.807, 2.05) is 30.3 Å². The van der Waals surface area contributed by atoms with Crippen molar-refractivity contribution in [1.29, 1.82) is 0 Å². The number of hydrogen-bond acceptors (Lipinski definition) is 2. The number of aromatic nitrogens is 1. The lowest BCUT2D eigenvalue weighted by molar-refractivity contribution is -0.116. The highest BCUT2D eigenvalue weighted by Gasteiger charge is 2.08. The highest BCUT2D eigenvalue weighted by molar-refractivity contribution is 14.1. The van der Waals surface area contributed by atoms with Crippen molar-refractivity contribution in [1.82, 2.24) is 4.98 Å². The Hall–Kier alpha value is -1.43. The van der Waals surface area contributed by atoms with Gasteiger partial charge >= 0.3 is 0 Å². The number of carbonyl (C=O) groups excluding carboxylic acids is 1. The van der Waals surface area contributed by atoms with E-state index in [4.69, 9.17) is 0 Å². The predicted molar refractivity (Wildman–Crippen MR) is 106 cm³/mol. The summed E-state index contributed by atoms with van der Waals surface area (Å²) in [4.78, 5) is 16.5. The topological polar surface area (TPSA) is 42.0 Å². The maximum atomic E-state index is 12.1. The van der Waals surface area contributed by atoms with Crippen molar-refractivity contribution < 1.29 is 4.79 Å². The van der Waals surface area contributed by atoms with E-state index < -0.39 is 0 Å². The summed E-state index contributed by atoms with van der Waals surface area (Å²) in [5.74, 6) is 0.0734. The van der Waals surface area contributed by atoms with E-state index in [1.165, 1.54) is 19.3 Å². The number of pyridine rings is 1. The third-order valence-electron chi connectivity index (χ3n) is 3.80. The van der Waals surface area contributed by atoms with E-state index >= 15 is 0 Å². The van der Waals surface area contributed by atoms with Gasteiger partial charge in [-0.2, -0.15) is 0 Å². The van der Waals surface area contributed by atoms with Crippen LogP contribution < -0.4 is 5.32 Å². The van der Waals surface area contributed by atoms with Gasteiger partial charge in [-0.15, -0.1) is 6.58 Å². The van der Waals surface area contributed by atoms with Crippen LogP contribution in [0.25, 0.3) is 10.9 Å². The number of carbonyl (C=O) groups is 1. The molecule has 0 bridgehead atoms. The summed E-state index contributed by atoms with van der Waals surface area (Å²) in [5.41, 5.74) is 1.66. The fourth-order valence-electron chi connectivity index (χ4n) is 2.56. The number of fused-ring (bicyclic) bond motifs is 1. The Morgan fingerprint density at radius 3 is 2.78 bits per heavy atom. The van der Waals surface area contributed by atoms with Crippen molar-refractivity contribution in [3.05, 3.63) is 46.7 Å². The number of hydrogen-bond donors (Lipinski definition) is 1.